The first-order valence-electron chi connectivity index (χ1n) is 3.44. The van der Waals surface area contributed by atoms with Gasteiger partial charge in [0.05, 0.1) is 6.00 Å². The molecule has 0 aromatic rings. The van der Waals surface area contributed by atoms with Gasteiger partial charge in [-0.25, -0.2) is 0 Å². The third-order valence-electron chi connectivity index (χ3n) is 1.32. The number of rotatable bonds is 6. The van der Waals surface area contributed by atoms with E-state index in [9.17, 15) is 4.79 Å². The zero-order valence-electron chi connectivity index (χ0n) is 6.22. The standard InChI is InChI=1S/C6H13ClN2O2/c7-4-9-5(6(10)11)2-1-3-8/h5,9H,1-4,8H2,(H,10,11). The van der Waals surface area contributed by atoms with Crippen molar-refractivity contribution in [2.45, 2.75) is 18.9 Å². The summed E-state index contributed by atoms with van der Waals surface area (Å²) in [6, 6.07) is -0.405. The fourth-order valence-corrected chi connectivity index (χ4v) is 0.914. The molecule has 0 radical (unpaired) electrons. The van der Waals surface area contributed by atoms with Gasteiger partial charge in [0.2, 0.25) is 0 Å². The number of nitrogens with two attached hydrogens (primary N) is 1. The summed E-state index contributed by atoms with van der Waals surface area (Å²) in [6.45, 7) is 0.508. The van der Waals surface area contributed by atoms with Gasteiger partial charge in [-0.1, -0.05) is 0 Å². The van der Waals surface area contributed by atoms with E-state index >= 15 is 0 Å². The number of carboxylic acids is 1. The van der Waals surface area contributed by atoms with Crippen LogP contribution in [-0.4, -0.2) is 29.7 Å². The van der Waals surface area contributed by atoms with Crippen LogP contribution >= 0.6 is 11.6 Å². The molecule has 1 atom stereocenters. The lowest BCUT2D eigenvalue weighted by Crippen LogP contribution is -2.36. The molecule has 11 heavy (non-hydrogen) atoms. The third kappa shape index (κ3) is 5.01. The van der Waals surface area contributed by atoms with Crippen LogP contribution in [-0.2, 0) is 4.79 Å². The monoisotopic (exact) mass is 180 g/mol. The summed E-state index contributed by atoms with van der Waals surface area (Å²) in [5.41, 5.74) is 5.22. The average Bonchev–Trinajstić information content (AvgIpc) is 1.97. The van der Waals surface area contributed by atoms with Crippen molar-refractivity contribution < 1.29 is 9.90 Å². The van der Waals surface area contributed by atoms with Crippen molar-refractivity contribution in [2.24, 2.45) is 5.73 Å². The number of alkyl halides is 1. The van der Waals surface area contributed by atoms with Crippen LogP contribution in [0, 0.1) is 0 Å². The topological polar surface area (TPSA) is 75.3 Å². The maximum Gasteiger partial charge on any atom is 0.320 e. The van der Waals surface area contributed by atoms with Crippen molar-refractivity contribution in [3.8, 4) is 0 Å². The zero-order chi connectivity index (χ0) is 8.69. The van der Waals surface area contributed by atoms with Gasteiger partial charge in [0.1, 0.15) is 6.04 Å². The lowest BCUT2D eigenvalue weighted by Gasteiger charge is -2.10. The fraction of sp³-hybridized carbons (Fsp3) is 0.833. The first-order chi connectivity index (χ1) is 5.22. The van der Waals surface area contributed by atoms with E-state index in [1.165, 1.54) is 0 Å². The molecule has 0 aromatic heterocycles. The molecule has 1 unspecified atom stereocenters. The van der Waals surface area contributed by atoms with Crippen molar-refractivity contribution in [1.29, 1.82) is 0 Å². The Bertz CT molecular complexity index is 121. The van der Waals surface area contributed by atoms with E-state index in [2.05, 4.69) is 5.32 Å². The molecular weight excluding hydrogens is 168 g/mol. The number of hydrogen-bond donors (Lipinski definition) is 3. The van der Waals surface area contributed by atoms with Crippen LogP contribution in [0.25, 0.3) is 0 Å². The molecule has 0 saturated heterocycles. The highest BCUT2D eigenvalue weighted by molar-refractivity contribution is 6.17. The molecule has 0 aliphatic carbocycles. The molecule has 0 bridgehead atoms. The second-order valence-electron chi connectivity index (χ2n) is 2.16. The molecule has 0 amide bonds. The number of carbonyl (C=O) groups is 1. The predicted octanol–water partition coefficient (Wildman–Crippen LogP) is -0.0356. The molecule has 0 aliphatic heterocycles. The first kappa shape index (κ1) is 10.7. The number of halogens is 1. The van der Waals surface area contributed by atoms with Crippen LogP contribution in [0.15, 0.2) is 0 Å². The van der Waals surface area contributed by atoms with E-state index in [0.717, 1.165) is 0 Å². The minimum absolute atomic E-state index is 0.154. The number of nitrogens with one attached hydrogen (secondary N) is 1. The molecule has 4 nitrogen and oxygen atoms in total. The largest absolute Gasteiger partial charge is 0.480 e. The van der Waals surface area contributed by atoms with Gasteiger partial charge in [0.15, 0.2) is 0 Å². The Hall–Kier alpha value is -0.320. The Morgan fingerprint density at radius 1 is 1.73 bits per heavy atom. The minimum atomic E-state index is -0.876. The average molecular weight is 181 g/mol. The number of carboxylic acid groups (broad SMARTS) is 1. The van der Waals surface area contributed by atoms with Gasteiger partial charge < -0.3 is 10.8 Å². The second kappa shape index (κ2) is 6.39. The van der Waals surface area contributed by atoms with Gasteiger partial charge in [-0.05, 0) is 19.4 Å². The molecule has 0 spiro atoms. The molecule has 0 fully saturated rings. The van der Waals surface area contributed by atoms with E-state index in [1.807, 2.05) is 0 Å². The molecule has 5 heteroatoms. The number of aliphatic carboxylic acids is 1. The van der Waals surface area contributed by atoms with Crippen LogP contribution < -0.4 is 11.1 Å². The summed E-state index contributed by atoms with van der Waals surface area (Å²) >= 11 is 5.31. The van der Waals surface area contributed by atoms with Crippen LogP contribution in [0.4, 0.5) is 0 Å². The summed E-state index contributed by atoms with van der Waals surface area (Å²) in [7, 11) is 0. The highest BCUT2D eigenvalue weighted by Crippen LogP contribution is 1.96. The minimum Gasteiger partial charge on any atom is -0.480 e. The molecular formula is C6H13ClN2O2. The third-order valence-corrected chi connectivity index (χ3v) is 1.47. The van der Waals surface area contributed by atoms with Crippen LogP contribution in [0.3, 0.4) is 0 Å². The SMILES string of the molecule is NCCCC(NCCl)C(=O)O. The fourth-order valence-electron chi connectivity index (χ4n) is 0.728. The normalized spacial score (nSPS) is 12.9. The van der Waals surface area contributed by atoms with Crippen molar-refractivity contribution in [3.63, 3.8) is 0 Å². The van der Waals surface area contributed by atoms with Gasteiger partial charge in [0.25, 0.3) is 0 Å². The molecule has 0 aliphatic rings. The van der Waals surface area contributed by atoms with Crippen molar-refractivity contribution >= 4 is 17.6 Å². The van der Waals surface area contributed by atoms with Crippen LogP contribution in [0.2, 0.25) is 0 Å². The Balaban J connectivity index is 3.60. The van der Waals surface area contributed by atoms with E-state index in [0.29, 0.717) is 19.4 Å². The van der Waals surface area contributed by atoms with Gasteiger partial charge in [-0.15, -0.1) is 11.6 Å². The van der Waals surface area contributed by atoms with Crippen LogP contribution in [0.1, 0.15) is 12.8 Å². The highest BCUT2D eigenvalue weighted by atomic mass is 35.5. The Morgan fingerprint density at radius 3 is 2.73 bits per heavy atom. The first-order valence-corrected chi connectivity index (χ1v) is 3.98. The van der Waals surface area contributed by atoms with Crippen molar-refractivity contribution in [3.05, 3.63) is 0 Å². The van der Waals surface area contributed by atoms with Gasteiger partial charge in [-0.2, -0.15) is 0 Å². The van der Waals surface area contributed by atoms with E-state index in [-0.39, 0.29) is 6.00 Å². The molecule has 0 saturated carbocycles. The second-order valence-corrected chi connectivity index (χ2v) is 2.43. The summed E-state index contributed by atoms with van der Waals surface area (Å²) in [5.74, 6) is -0.876. The maximum atomic E-state index is 10.4. The molecule has 0 heterocycles. The van der Waals surface area contributed by atoms with E-state index in [1.54, 1.807) is 0 Å². The molecule has 0 rings (SSSR count). The highest BCUT2D eigenvalue weighted by Gasteiger charge is 2.14. The summed E-state index contributed by atoms with van der Waals surface area (Å²) < 4.78 is 0. The number of hydrogen-bond acceptors (Lipinski definition) is 3. The lowest BCUT2D eigenvalue weighted by molar-refractivity contribution is -0.139. The maximum absolute atomic E-state index is 10.4. The summed E-state index contributed by atoms with van der Waals surface area (Å²) in [5, 5.41) is 11.2. The van der Waals surface area contributed by atoms with Crippen molar-refractivity contribution in [2.75, 3.05) is 12.5 Å². The summed E-state index contributed by atoms with van der Waals surface area (Å²) in [6.07, 6.45) is 1.22. The van der Waals surface area contributed by atoms with E-state index < -0.39 is 12.0 Å². The van der Waals surface area contributed by atoms with Gasteiger partial charge in [0, 0.05) is 0 Å². The Labute approximate surface area is 70.7 Å². The van der Waals surface area contributed by atoms with Gasteiger partial charge >= 0.3 is 5.97 Å². The Morgan fingerprint density at radius 2 is 2.36 bits per heavy atom. The zero-order valence-corrected chi connectivity index (χ0v) is 6.97. The lowest BCUT2D eigenvalue weighted by atomic mass is 10.1. The molecule has 4 N–H and O–H groups in total. The van der Waals surface area contributed by atoms with Crippen molar-refractivity contribution in [1.82, 2.24) is 5.32 Å². The smallest absolute Gasteiger partial charge is 0.320 e. The van der Waals surface area contributed by atoms with E-state index in [4.69, 9.17) is 22.4 Å². The quantitative estimate of drug-likeness (QED) is 0.396. The van der Waals surface area contributed by atoms with Crippen LogP contribution in [0.5, 0.6) is 0 Å². The Kier molecular flexibility index (Phi) is 6.21. The summed E-state index contributed by atoms with van der Waals surface area (Å²) in [4.78, 5) is 10.4. The molecule has 0 aromatic carbocycles. The predicted molar refractivity (Wildman–Crippen MR) is 43.6 cm³/mol. The molecule has 66 valence electrons. The van der Waals surface area contributed by atoms with Gasteiger partial charge in [-0.3, -0.25) is 10.1 Å².